The minimum Gasteiger partial charge on any atom is -0.387 e. The van der Waals surface area contributed by atoms with Crippen LogP contribution < -0.4 is 0 Å². The first-order chi connectivity index (χ1) is 12.9. The monoisotopic (exact) mass is 365 g/mol. The Labute approximate surface area is 158 Å². The van der Waals surface area contributed by atoms with Gasteiger partial charge in [-0.3, -0.25) is 10.1 Å². The number of nitrogens with zero attached hydrogens (tertiary/aromatic N) is 3. The largest absolute Gasteiger partial charge is 0.387 e. The van der Waals surface area contributed by atoms with Crippen LogP contribution in [-0.4, -0.2) is 19.6 Å². The molecule has 0 amide bonds. The third-order valence-corrected chi connectivity index (χ3v) is 4.41. The lowest BCUT2D eigenvalue weighted by molar-refractivity contribution is -0.384. The molecule has 0 saturated carbocycles. The van der Waals surface area contributed by atoms with Crippen LogP contribution in [0.4, 0.5) is 5.69 Å². The van der Waals surface area contributed by atoms with Crippen molar-refractivity contribution < 1.29 is 10.0 Å². The van der Waals surface area contributed by atoms with E-state index in [0.717, 1.165) is 12.0 Å². The molecule has 0 spiro atoms. The minimum absolute atomic E-state index is 0.0170. The van der Waals surface area contributed by atoms with Crippen LogP contribution in [0.15, 0.2) is 60.9 Å². The Morgan fingerprint density at radius 2 is 1.93 bits per heavy atom. The smallest absolute Gasteiger partial charge is 0.270 e. The van der Waals surface area contributed by atoms with E-state index in [0.29, 0.717) is 23.9 Å². The lowest BCUT2D eigenvalue weighted by Gasteiger charge is -2.15. The zero-order chi connectivity index (χ0) is 19.4. The molecule has 0 radical (unpaired) electrons. The Balaban J connectivity index is 1.78. The van der Waals surface area contributed by atoms with Crippen molar-refractivity contribution in [2.75, 3.05) is 0 Å². The molecule has 1 aromatic heterocycles. The van der Waals surface area contributed by atoms with Gasteiger partial charge in [0.2, 0.25) is 0 Å². The third-order valence-electron chi connectivity index (χ3n) is 4.41. The van der Waals surface area contributed by atoms with Crippen molar-refractivity contribution in [2.45, 2.75) is 32.9 Å². The van der Waals surface area contributed by atoms with Gasteiger partial charge in [0.1, 0.15) is 5.82 Å². The molecule has 3 rings (SSSR count). The number of nitro benzene ring substituents is 1. The average molecular weight is 365 g/mol. The van der Waals surface area contributed by atoms with Gasteiger partial charge in [0.25, 0.3) is 5.69 Å². The molecule has 0 aliphatic rings. The number of aliphatic hydroxyl groups is 1. The molecule has 0 aliphatic carbocycles. The minimum atomic E-state index is -0.690. The van der Waals surface area contributed by atoms with Gasteiger partial charge in [0.15, 0.2) is 0 Å². The molecule has 6 nitrogen and oxygen atoms in total. The number of rotatable bonds is 7. The maximum absolute atomic E-state index is 11.0. The predicted octanol–water partition coefficient (Wildman–Crippen LogP) is 4.39. The molecule has 1 atom stereocenters. The molecule has 0 bridgehead atoms. The van der Waals surface area contributed by atoms with Crippen molar-refractivity contribution in [1.82, 2.24) is 9.55 Å². The number of non-ortho nitro benzene ring substituents is 1. The molecule has 0 saturated heterocycles. The molecular weight excluding hydrogens is 342 g/mol. The molecular formula is C21H23N3O3. The quantitative estimate of drug-likeness (QED) is 0.497. The highest BCUT2D eigenvalue weighted by atomic mass is 16.6. The van der Waals surface area contributed by atoms with E-state index in [1.165, 1.54) is 17.7 Å². The van der Waals surface area contributed by atoms with Crippen LogP contribution >= 0.6 is 0 Å². The fourth-order valence-electron chi connectivity index (χ4n) is 3.11. The summed E-state index contributed by atoms with van der Waals surface area (Å²) in [5.74, 6) is 1.18. The molecule has 0 fully saturated rings. The van der Waals surface area contributed by atoms with E-state index >= 15 is 0 Å². The Kier molecular flexibility index (Phi) is 5.66. The number of nitro groups is 1. The van der Waals surface area contributed by atoms with Crippen molar-refractivity contribution in [1.29, 1.82) is 0 Å². The molecule has 6 heteroatoms. The van der Waals surface area contributed by atoms with E-state index in [1.807, 2.05) is 28.8 Å². The third kappa shape index (κ3) is 4.60. The van der Waals surface area contributed by atoms with Gasteiger partial charge in [-0.05, 0) is 23.5 Å². The fourth-order valence-corrected chi connectivity index (χ4v) is 3.11. The van der Waals surface area contributed by atoms with Gasteiger partial charge in [-0.2, -0.15) is 0 Å². The topological polar surface area (TPSA) is 81.2 Å². The van der Waals surface area contributed by atoms with E-state index in [2.05, 4.69) is 18.8 Å². The van der Waals surface area contributed by atoms with Crippen molar-refractivity contribution in [3.05, 3.63) is 82.2 Å². The van der Waals surface area contributed by atoms with Crippen molar-refractivity contribution in [2.24, 2.45) is 5.92 Å². The van der Waals surface area contributed by atoms with Crippen molar-refractivity contribution in [3.63, 3.8) is 0 Å². The van der Waals surface area contributed by atoms with E-state index in [4.69, 9.17) is 0 Å². The van der Waals surface area contributed by atoms with Crippen LogP contribution in [0.1, 0.15) is 31.1 Å². The molecule has 2 aromatic carbocycles. The number of hydrogen-bond donors (Lipinski definition) is 1. The van der Waals surface area contributed by atoms with Crippen LogP contribution in [0.2, 0.25) is 0 Å². The fraction of sp³-hybridized carbons (Fsp3) is 0.286. The van der Waals surface area contributed by atoms with Gasteiger partial charge in [-0.25, -0.2) is 4.98 Å². The standard InChI is InChI=1S/C21H23N3O3/c1-15(2)12-16-6-8-17(9-7-16)20(25)14-23-11-10-22-21(23)18-4-3-5-19(13-18)24(26)27/h3-11,13,15,20,25H,12,14H2,1-2H3. The predicted molar refractivity (Wildman–Crippen MR) is 104 cm³/mol. The number of aliphatic hydroxyl groups excluding tert-OH is 1. The van der Waals surface area contributed by atoms with E-state index in [-0.39, 0.29) is 5.69 Å². The van der Waals surface area contributed by atoms with Crippen LogP contribution in [0.5, 0.6) is 0 Å². The maximum atomic E-state index is 11.0. The number of benzene rings is 2. The van der Waals surface area contributed by atoms with Gasteiger partial charge in [-0.15, -0.1) is 0 Å². The van der Waals surface area contributed by atoms with Gasteiger partial charge in [0.05, 0.1) is 17.6 Å². The van der Waals surface area contributed by atoms with Gasteiger partial charge in [0, 0.05) is 30.1 Å². The first-order valence-electron chi connectivity index (χ1n) is 8.97. The maximum Gasteiger partial charge on any atom is 0.270 e. The Hall–Kier alpha value is -2.99. The highest BCUT2D eigenvalue weighted by molar-refractivity contribution is 5.59. The number of hydrogen-bond acceptors (Lipinski definition) is 4. The summed E-state index contributed by atoms with van der Waals surface area (Å²) >= 11 is 0. The first kappa shape index (κ1) is 18.8. The molecule has 140 valence electrons. The molecule has 1 unspecified atom stereocenters. The van der Waals surface area contributed by atoms with Crippen molar-refractivity contribution in [3.8, 4) is 11.4 Å². The summed E-state index contributed by atoms with van der Waals surface area (Å²) in [4.78, 5) is 14.9. The summed E-state index contributed by atoms with van der Waals surface area (Å²) in [5.41, 5.74) is 2.75. The Morgan fingerprint density at radius 3 is 2.59 bits per heavy atom. The van der Waals surface area contributed by atoms with Gasteiger partial charge >= 0.3 is 0 Å². The highest BCUT2D eigenvalue weighted by Gasteiger charge is 2.15. The van der Waals surface area contributed by atoms with Crippen LogP contribution in [0, 0.1) is 16.0 Å². The van der Waals surface area contributed by atoms with Gasteiger partial charge in [-0.1, -0.05) is 50.2 Å². The Bertz CT molecular complexity index is 916. The number of aromatic nitrogens is 2. The second-order valence-corrected chi connectivity index (χ2v) is 7.07. The number of imidazole rings is 1. The first-order valence-corrected chi connectivity index (χ1v) is 8.97. The summed E-state index contributed by atoms with van der Waals surface area (Å²) in [5, 5.41) is 21.6. The van der Waals surface area contributed by atoms with E-state index in [9.17, 15) is 15.2 Å². The average Bonchev–Trinajstić information content (AvgIpc) is 3.10. The second kappa shape index (κ2) is 8.14. The zero-order valence-corrected chi connectivity index (χ0v) is 15.4. The van der Waals surface area contributed by atoms with Crippen LogP contribution in [-0.2, 0) is 13.0 Å². The molecule has 1 heterocycles. The van der Waals surface area contributed by atoms with E-state index in [1.54, 1.807) is 24.5 Å². The Morgan fingerprint density at radius 1 is 1.19 bits per heavy atom. The molecule has 0 aliphatic heterocycles. The molecule has 1 N–H and O–H groups in total. The second-order valence-electron chi connectivity index (χ2n) is 7.07. The normalized spacial score (nSPS) is 12.3. The van der Waals surface area contributed by atoms with Crippen molar-refractivity contribution >= 4 is 5.69 Å². The SMILES string of the molecule is CC(C)Cc1ccc(C(O)Cn2ccnc2-c2cccc([N+](=O)[O-])c2)cc1. The van der Waals surface area contributed by atoms with Gasteiger partial charge < -0.3 is 9.67 Å². The summed E-state index contributed by atoms with van der Waals surface area (Å²) in [6.07, 6.45) is 3.72. The highest BCUT2D eigenvalue weighted by Crippen LogP contribution is 2.25. The van der Waals surface area contributed by atoms with E-state index < -0.39 is 11.0 Å². The summed E-state index contributed by atoms with van der Waals surface area (Å²) in [6.45, 7) is 4.68. The summed E-state index contributed by atoms with van der Waals surface area (Å²) in [6, 6.07) is 14.4. The lowest BCUT2D eigenvalue weighted by Crippen LogP contribution is -2.09. The lowest BCUT2D eigenvalue weighted by atomic mass is 10.0. The molecule has 27 heavy (non-hydrogen) atoms. The van der Waals surface area contributed by atoms with Crippen LogP contribution in [0.3, 0.4) is 0 Å². The summed E-state index contributed by atoms with van der Waals surface area (Å²) < 4.78 is 1.81. The zero-order valence-electron chi connectivity index (χ0n) is 15.4. The summed E-state index contributed by atoms with van der Waals surface area (Å²) in [7, 11) is 0. The van der Waals surface area contributed by atoms with Crippen LogP contribution in [0.25, 0.3) is 11.4 Å². The molecule has 3 aromatic rings.